The van der Waals surface area contributed by atoms with Crippen LogP contribution in [-0.4, -0.2) is 24.5 Å². The predicted octanol–water partition coefficient (Wildman–Crippen LogP) is 6.18. The van der Waals surface area contributed by atoms with E-state index in [1.807, 2.05) is 19.1 Å². The minimum atomic E-state index is -0.795. The van der Waals surface area contributed by atoms with Gasteiger partial charge in [0.1, 0.15) is 23.7 Å². The molecule has 0 bridgehead atoms. The van der Waals surface area contributed by atoms with Crippen LogP contribution in [0.15, 0.2) is 90.5 Å². The number of urea groups is 1. The molecular formula is C32H28N2O5. The molecule has 1 fully saturated rings. The second-order valence-corrected chi connectivity index (χ2v) is 9.24. The molecule has 0 atom stereocenters. The number of anilines is 1. The summed E-state index contributed by atoms with van der Waals surface area (Å²) >= 11 is 0. The Balaban J connectivity index is 1.32. The van der Waals surface area contributed by atoms with E-state index in [0.29, 0.717) is 36.0 Å². The summed E-state index contributed by atoms with van der Waals surface area (Å²) in [5.74, 6) is -0.144. The number of hydrogen-bond acceptors (Lipinski definition) is 5. The zero-order valence-electron chi connectivity index (χ0n) is 21.8. The quantitative estimate of drug-likeness (QED) is 0.221. The van der Waals surface area contributed by atoms with Crippen molar-refractivity contribution < 1.29 is 23.9 Å². The number of carbonyl (C=O) groups is 3. The Morgan fingerprint density at radius 1 is 0.821 bits per heavy atom. The Morgan fingerprint density at radius 2 is 1.51 bits per heavy atom. The second kappa shape index (κ2) is 11.2. The fourth-order valence-electron chi connectivity index (χ4n) is 4.42. The summed E-state index contributed by atoms with van der Waals surface area (Å²) in [5, 5.41) is 4.57. The number of barbiturate groups is 1. The van der Waals surface area contributed by atoms with Crippen molar-refractivity contribution in [2.75, 3.05) is 11.5 Å². The zero-order valence-corrected chi connectivity index (χ0v) is 21.8. The van der Waals surface area contributed by atoms with E-state index in [1.165, 1.54) is 6.08 Å². The van der Waals surface area contributed by atoms with E-state index in [2.05, 4.69) is 36.5 Å². The number of amides is 4. The van der Waals surface area contributed by atoms with Crippen molar-refractivity contribution in [3.8, 4) is 11.5 Å². The Hall–Kier alpha value is -4.91. The van der Waals surface area contributed by atoms with Crippen molar-refractivity contribution in [1.29, 1.82) is 0 Å². The van der Waals surface area contributed by atoms with E-state index in [9.17, 15) is 14.4 Å². The number of rotatable bonds is 8. The second-order valence-electron chi connectivity index (χ2n) is 9.24. The average molecular weight is 521 g/mol. The Bertz CT molecular complexity index is 1570. The van der Waals surface area contributed by atoms with Crippen molar-refractivity contribution in [1.82, 2.24) is 5.32 Å². The maximum absolute atomic E-state index is 13.2. The number of nitrogens with zero attached hydrogens (tertiary/aromatic N) is 1. The minimum absolute atomic E-state index is 0.138. The van der Waals surface area contributed by atoms with Crippen LogP contribution in [0.1, 0.15) is 30.0 Å². The minimum Gasteiger partial charge on any atom is -0.494 e. The van der Waals surface area contributed by atoms with Gasteiger partial charge in [0.25, 0.3) is 11.8 Å². The highest BCUT2D eigenvalue weighted by atomic mass is 16.5. The topological polar surface area (TPSA) is 84.9 Å². The SMILES string of the molecule is CCCOc1ccc(N2C(=O)NC(=O)/C(=C/c3ccc(OCc4c(C)ccc5ccccc45)cc3)C2=O)cc1. The molecule has 4 aromatic rings. The van der Waals surface area contributed by atoms with Crippen LogP contribution >= 0.6 is 0 Å². The molecule has 196 valence electrons. The largest absolute Gasteiger partial charge is 0.494 e. The third-order valence-corrected chi connectivity index (χ3v) is 6.52. The molecule has 5 rings (SSSR count). The van der Waals surface area contributed by atoms with Gasteiger partial charge in [0, 0.05) is 5.56 Å². The van der Waals surface area contributed by atoms with Gasteiger partial charge in [-0.3, -0.25) is 14.9 Å². The monoisotopic (exact) mass is 520 g/mol. The summed E-state index contributed by atoms with van der Waals surface area (Å²) in [7, 11) is 0. The number of nitrogens with one attached hydrogen (secondary N) is 1. The van der Waals surface area contributed by atoms with Crippen LogP contribution in [-0.2, 0) is 16.2 Å². The van der Waals surface area contributed by atoms with Gasteiger partial charge < -0.3 is 9.47 Å². The maximum Gasteiger partial charge on any atom is 0.335 e. The summed E-state index contributed by atoms with van der Waals surface area (Å²) in [6.07, 6.45) is 2.33. The van der Waals surface area contributed by atoms with E-state index in [0.717, 1.165) is 33.2 Å². The molecule has 1 N–H and O–H groups in total. The zero-order chi connectivity index (χ0) is 27.4. The van der Waals surface area contributed by atoms with Crippen LogP contribution in [0.5, 0.6) is 11.5 Å². The summed E-state index contributed by atoms with van der Waals surface area (Å²) in [5.41, 5.74) is 3.10. The van der Waals surface area contributed by atoms with Crippen LogP contribution in [0, 0.1) is 6.92 Å². The van der Waals surface area contributed by atoms with Crippen molar-refractivity contribution in [3.05, 3.63) is 107 Å². The van der Waals surface area contributed by atoms with Crippen LogP contribution in [0.3, 0.4) is 0 Å². The Kier molecular flexibility index (Phi) is 7.41. The van der Waals surface area contributed by atoms with Gasteiger partial charge in [-0.1, -0.05) is 55.5 Å². The van der Waals surface area contributed by atoms with Crippen molar-refractivity contribution in [2.45, 2.75) is 26.9 Å². The molecule has 1 heterocycles. The number of benzene rings is 4. The molecule has 7 nitrogen and oxygen atoms in total. The van der Waals surface area contributed by atoms with E-state index < -0.39 is 17.8 Å². The number of imide groups is 2. The molecular weight excluding hydrogens is 492 g/mol. The number of hydrogen-bond donors (Lipinski definition) is 1. The van der Waals surface area contributed by atoms with Crippen LogP contribution in [0.4, 0.5) is 10.5 Å². The molecule has 0 aliphatic carbocycles. The van der Waals surface area contributed by atoms with Gasteiger partial charge in [-0.15, -0.1) is 0 Å². The third kappa shape index (κ3) is 5.52. The van der Waals surface area contributed by atoms with Gasteiger partial charge in [0.2, 0.25) is 0 Å². The van der Waals surface area contributed by atoms with Crippen molar-refractivity contribution >= 4 is 40.4 Å². The first-order valence-electron chi connectivity index (χ1n) is 12.8. The molecule has 1 aliphatic rings. The van der Waals surface area contributed by atoms with Crippen LogP contribution in [0.2, 0.25) is 0 Å². The molecule has 0 saturated carbocycles. The van der Waals surface area contributed by atoms with E-state index in [4.69, 9.17) is 9.47 Å². The third-order valence-electron chi connectivity index (χ3n) is 6.52. The fourth-order valence-corrected chi connectivity index (χ4v) is 4.42. The summed E-state index contributed by atoms with van der Waals surface area (Å²) in [6.45, 7) is 5.04. The summed E-state index contributed by atoms with van der Waals surface area (Å²) in [6, 6.07) is 25.3. The molecule has 39 heavy (non-hydrogen) atoms. The van der Waals surface area contributed by atoms with Crippen molar-refractivity contribution in [3.63, 3.8) is 0 Å². The Morgan fingerprint density at radius 3 is 2.26 bits per heavy atom. The molecule has 4 amide bonds. The molecule has 0 aromatic heterocycles. The predicted molar refractivity (Wildman–Crippen MR) is 151 cm³/mol. The van der Waals surface area contributed by atoms with E-state index in [-0.39, 0.29) is 5.57 Å². The molecule has 1 aliphatic heterocycles. The standard InChI is InChI=1S/C32H28N2O5/c1-3-18-38-25-16-12-24(13-17-25)34-31(36)28(30(35)33-32(34)37)19-22-9-14-26(15-10-22)39-20-29-21(2)8-11-23-6-4-5-7-27(23)29/h4-17,19H,3,18,20H2,1-2H3,(H,33,35,37)/b28-19-. The van der Waals surface area contributed by atoms with Gasteiger partial charge in [0.15, 0.2) is 0 Å². The normalized spacial score (nSPS) is 14.6. The maximum atomic E-state index is 13.2. The van der Waals surface area contributed by atoms with Gasteiger partial charge in [-0.25, -0.2) is 9.69 Å². The first kappa shape index (κ1) is 25.7. The summed E-state index contributed by atoms with van der Waals surface area (Å²) in [4.78, 5) is 39.2. The smallest absolute Gasteiger partial charge is 0.335 e. The lowest BCUT2D eigenvalue weighted by molar-refractivity contribution is -0.122. The average Bonchev–Trinajstić information content (AvgIpc) is 2.95. The lowest BCUT2D eigenvalue weighted by Gasteiger charge is -2.26. The molecule has 0 unspecified atom stereocenters. The number of ether oxygens (including phenoxy) is 2. The number of fused-ring (bicyclic) bond motifs is 1. The first-order chi connectivity index (χ1) is 18.9. The number of aryl methyl sites for hydroxylation is 1. The Labute approximate surface area is 226 Å². The highest BCUT2D eigenvalue weighted by Crippen LogP contribution is 2.26. The molecule has 7 heteroatoms. The molecule has 4 aromatic carbocycles. The van der Waals surface area contributed by atoms with Gasteiger partial charge in [-0.2, -0.15) is 0 Å². The molecule has 0 radical (unpaired) electrons. The van der Waals surface area contributed by atoms with Gasteiger partial charge in [-0.05, 0) is 77.7 Å². The highest BCUT2D eigenvalue weighted by Gasteiger charge is 2.36. The van der Waals surface area contributed by atoms with Crippen molar-refractivity contribution in [2.24, 2.45) is 0 Å². The molecule has 1 saturated heterocycles. The van der Waals surface area contributed by atoms with E-state index in [1.54, 1.807) is 48.5 Å². The fraction of sp³-hybridized carbons (Fsp3) is 0.156. The van der Waals surface area contributed by atoms with Crippen LogP contribution in [0.25, 0.3) is 16.8 Å². The lowest BCUT2D eigenvalue weighted by Crippen LogP contribution is -2.54. The summed E-state index contributed by atoms with van der Waals surface area (Å²) < 4.78 is 11.6. The van der Waals surface area contributed by atoms with E-state index >= 15 is 0 Å². The van der Waals surface area contributed by atoms with Crippen LogP contribution < -0.4 is 19.7 Å². The lowest BCUT2D eigenvalue weighted by atomic mass is 10.0. The van der Waals surface area contributed by atoms with Gasteiger partial charge in [0.05, 0.1) is 12.3 Å². The molecule has 0 spiro atoms. The first-order valence-corrected chi connectivity index (χ1v) is 12.8. The number of carbonyl (C=O) groups excluding carboxylic acids is 3. The highest BCUT2D eigenvalue weighted by molar-refractivity contribution is 6.39. The van der Waals surface area contributed by atoms with Gasteiger partial charge >= 0.3 is 6.03 Å².